The van der Waals surface area contributed by atoms with Crippen LogP contribution in [-0.2, 0) is 0 Å². The van der Waals surface area contributed by atoms with E-state index in [1.165, 1.54) is 0 Å². The number of carbonyl (C=O) groups is 1. The average molecular weight is 341 g/mol. The zero-order valence-electron chi connectivity index (χ0n) is 13.0. The molecule has 0 radical (unpaired) electrons. The number of urea groups is 1. The standard InChI is InChI=1S/C18H17ClN4O/c19-12-7-9-13(10-8-12)20-18(24)23-11-3-6-16(23)17-21-14-4-1-2-5-15(14)22-17/h1-2,4-5,7-10,16H,3,6,11H2,(H,20,24)(H,21,22). The fourth-order valence-corrected chi connectivity index (χ4v) is 3.28. The molecule has 2 heterocycles. The van der Waals surface area contributed by atoms with Gasteiger partial charge in [0.1, 0.15) is 5.82 Å². The number of aromatic nitrogens is 2. The van der Waals surface area contributed by atoms with Crippen molar-refractivity contribution >= 4 is 34.4 Å². The van der Waals surface area contributed by atoms with Crippen LogP contribution in [0.25, 0.3) is 11.0 Å². The lowest BCUT2D eigenvalue weighted by Crippen LogP contribution is -2.34. The molecule has 24 heavy (non-hydrogen) atoms. The Morgan fingerprint density at radius 3 is 2.79 bits per heavy atom. The van der Waals surface area contributed by atoms with E-state index in [0.717, 1.165) is 41.9 Å². The minimum absolute atomic E-state index is 0.0234. The Balaban J connectivity index is 1.55. The van der Waals surface area contributed by atoms with Crippen molar-refractivity contribution in [3.05, 3.63) is 59.4 Å². The molecule has 1 aliphatic heterocycles. The summed E-state index contributed by atoms with van der Waals surface area (Å²) in [4.78, 5) is 22.5. The van der Waals surface area contributed by atoms with Crippen LogP contribution in [0.15, 0.2) is 48.5 Å². The van der Waals surface area contributed by atoms with E-state index >= 15 is 0 Å². The molecule has 1 saturated heterocycles. The first-order valence-electron chi connectivity index (χ1n) is 7.98. The SMILES string of the molecule is O=C(Nc1ccc(Cl)cc1)N1CCCC1c1nc2ccccc2[nH]1. The maximum absolute atomic E-state index is 12.6. The fourth-order valence-electron chi connectivity index (χ4n) is 3.15. The van der Waals surface area contributed by atoms with E-state index in [9.17, 15) is 4.79 Å². The Morgan fingerprint density at radius 2 is 2.00 bits per heavy atom. The molecule has 1 unspecified atom stereocenters. The summed E-state index contributed by atoms with van der Waals surface area (Å²) in [5.41, 5.74) is 2.66. The number of carbonyl (C=O) groups excluding carboxylic acids is 1. The molecule has 2 N–H and O–H groups in total. The molecule has 122 valence electrons. The van der Waals surface area contributed by atoms with E-state index in [4.69, 9.17) is 11.6 Å². The smallest absolute Gasteiger partial charge is 0.322 e. The Morgan fingerprint density at radius 1 is 1.21 bits per heavy atom. The maximum atomic E-state index is 12.6. The zero-order chi connectivity index (χ0) is 16.5. The van der Waals surface area contributed by atoms with Gasteiger partial charge in [-0.3, -0.25) is 0 Å². The summed E-state index contributed by atoms with van der Waals surface area (Å²) in [6, 6.07) is 14.9. The van der Waals surface area contributed by atoms with Gasteiger partial charge in [-0.1, -0.05) is 23.7 Å². The molecule has 1 aromatic heterocycles. The lowest BCUT2D eigenvalue weighted by Gasteiger charge is -2.23. The van der Waals surface area contributed by atoms with Gasteiger partial charge in [0.25, 0.3) is 0 Å². The lowest BCUT2D eigenvalue weighted by atomic mass is 10.2. The quantitative estimate of drug-likeness (QED) is 0.717. The van der Waals surface area contributed by atoms with E-state index in [0.29, 0.717) is 5.02 Å². The molecule has 1 aliphatic rings. The number of rotatable bonds is 2. The van der Waals surface area contributed by atoms with Crippen LogP contribution in [0.4, 0.5) is 10.5 Å². The third-order valence-corrected chi connectivity index (χ3v) is 4.58. The number of likely N-dealkylation sites (tertiary alicyclic amines) is 1. The van der Waals surface area contributed by atoms with Crippen molar-refractivity contribution in [2.45, 2.75) is 18.9 Å². The summed E-state index contributed by atoms with van der Waals surface area (Å²) in [7, 11) is 0. The molecule has 2 amide bonds. The topological polar surface area (TPSA) is 61.0 Å². The molecule has 2 aromatic carbocycles. The van der Waals surface area contributed by atoms with E-state index in [1.807, 2.05) is 29.2 Å². The van der Waals surface area contributed by atoms with Gasteiger partial charge in [-0.25, -0.2) is 9.78 Å². The van der Waals surface area contributed by atoms with Crippen molar-refractivity contribution in [1.82, 2.24) is 14.9 Å². The molecule has 1 atom stereocenters. The number of para-hydroxylation sites is 2. The highest BCUT2D eigenvalue weighted by molar-refractivity contribution is 6.30. The number of benzene rings is 2. The van der Waals surface area contributed by atoms with Gasteiger partial charge < -0.3 is 15.2 Å². The predicted octanol–water partition coefficient (Wildman–Crippen LogP) is 4.59. The number of halogens is 1. The number of hydrogen-bond donors (Lipinski definition) is 2. The maximum Gasteiger partial charge on any atom is 0.322 e. The number of fused-ring (bicyclic) bond motifs is 1. The molecule has 0 saturated carbocycles. The van der Waals surface area contributed by atoms with E-state index in [-0.39, 0.29) is 12.1 Å². The van der Waals surface area contributed by atoms with Crippen LogP contribution in [0.1, 0.15) is 24.7 Å². The van der Waals surface area contributed by atoms with Gasteiger partial charge in [-0.15, -0.1) is 0 Å². The van der Waals surface area contributed by atoms with Gasteiger partial charge in [-0.05, 0) is 49.2 Å². The third-order valence-electron chi connectivity index (χ3n) is 4.33. The minimum Gasteiger partial charge on any atom is -0.340 e. The second-order valence-electron chi connectivity index (χ2n) is 5.93. The average Bonchev–Trinajstić information content (AvgIpc) is 3.23. The monoisotopic (exact) mass is 340 g/mol. The number of nitrogens with one attached hydrogen (secondary N) is 2. The van der Waals surface area contributed by atoms with Gasteiger partial charge in [-0.2, -0.15) is 0 Å². The number of amides is 2. The third kappa shape index (κ3) is 2.83. The summed E-state index contributed by atoms with van der Waals surface area (Å²) in [5.74, 6) is 0.847. The molecule has 0 aliphatic carbocycles. The van der Waals surface area contributed by atoms with Crippen molar-refractivity contribution in [2.24, 2.45) is 0 Å². The Labute approximate surface area is 144 Å². The predicted molar refractivity (Wildman–Crippen MR) is 95.2 cm³/mol. The molecular formula is C18H17ClN4O. The van der Waals surface area contributed by atoms with Gasteiger partial charge in [0.2, 0.25) is 0 Å². The normalized spacial score (nSPS) is 17.4. The highest BCUT2D eigenvalue weighted by Gasteiger charge is 2.32. The number of aromatic amines is 1. The molecule has 3 aromatic rings. The first kappa shape index (κ1) is 15.0. The largest absolute Gasteiger partial charge is 0.340 e. The molecule has 1 fully saturated rings. The van der Waals surface area contributed by atoms with Crippen molar-refractivity contribution in [3.63, 3.8) is 0 Å². The minimum atomic E-state index is -0.111. The molecule has 6 heteroatoms. The molecule has 5 nitrogen and oxygen atoms in total. The van der Waals surface area contributed by atoms with Gasteiger partial charge in [0.15, 0.2) is 0 Å². The second kappa shape index (κ2) is 6.17. The summed E-state index contributed by atoms with van der Waals surface area (Å²) >= 11 is 5.88. The van der Waals surface area contributed by atoms with Crippen LogP contribution < -0.4 is 5.32 Å². The molecule has 0 bridgehead atoms. The van der Waals surface area contributed by atoms with Crippen LogP contribution in [0.5, 0.6) is 0 Å². The van der Waals surface area contributed by atoms with Gasteiger partial charge in [0, 0.05) is 17.3 Å². The Kier molecular flexibility index (Phi) is 3.86. The molecule has 4 rings (SSSR count). The number of H-pyrrole nitrogens is 1. The lowest BCUT2D eigenvalue weighted by molar-refractivity contribution is 0.205. The first-order chi connectivity index (χ1) is 11.7. The number of nitrogens with zero attached hydrogens (tertiary/aromatic N) is 2. The van der Waals surface area contributed by atoms with Crippen LogP contribution in [-0.4, -0.2) is 27.4 Å². The number of hydrogen-bond acceptors (Lipinski definition) is 2. The van der Waals surface area contributed by atoms with Crippen LogP contribution in [0.3, 0.4) is 0 Å². The van der Waals surface area contributed by atoms with Crippen LogP contribution in [0, 0.1) is 0 Å². The zero-order valence-corrected chi connectivity index (χ0v) is 13.8. The van der Waals surface area contributed by atoms with Crippen molar-refractivity contribution in [1.29, 1.82) is 0 Å². The highest BCUT2D eigenvalue weighted by atomic mass is 35.5. The summed E-state index contributed by atoms with van der Waals surface area (Å²) in [6.45, 7) is 0.723. The van der Waals surface area contributed by atoms with Gasteiger partial charge in [0.05, 0.1) is 17.1 Å². The Hall–Kier alpha value is -2.53. The van der Waals surface area contributed by atoms with E-state index in [1.54, 1.807) is 24.3 Å². The van der Waals surface area contributed by atoms with Crippen LogP contribution in [0.2, 0.25) is 5.02 Å². The summed E-state index contributed by atoms with van der Waals surface area (Å²) < 4.78 is 0. The number of imidazole rings is 1. The summed E-state index contributed by atoms with van der Waals surface area (Å²) in [5, 5.41) is 3.58. The van der Waals surface area contributed by atoms with Crippen LogP contribution >= 0.6 is 11.6 Å². The van der Waals surface area contributed by atoms with E-state index in [2.05, 4.69) is 15.3 Å². The molecule has 0 spiro atoms. The second-order valence-corrected chi connectivity index (χ2v) is 6.36. The first-order valence-corrected chi connectivity index (χ1v) is 8.36. The van der Waals surface area contributed by atoms with Crippen molar-refractivity contribution in [3.8, 4) is 0 Å². The van der Waals surface area contributed by atoms with Crippen molar-refractivity contribution < 1.29 is 4.79 Å². The Bertz CT molecular complexity index is 841. The van der Waals surface area contributed by atoms with E-state index < -0.39 is 0 Å². The highest BCUT2D eigenvalue weighted by Crippen LogP contribution is 2.32. The summed E-state index contributed by atoms with van der Waals surface area (Å²) in [6.07, 6.45) is 1.88. The van der Waals surface area contributed by atoms with Gasteiger partial charge >= 0.3 is 6.03 Å². The number of anilines is 1. The fraction of sp³-hybridized carbons (Fsp3) is 0.222. The molecular weight excluding hydrogens is 324 g/mol. The van der Waals surface area contributed by atoms with Crippen molar-refractivity contribution in [2.75, 3.05) is 11.9 Å².